The van der Waals surface area contributed by atoms with Crippen molar-refractivity contribution < 1.29 is 27.8 Å². The van der Waals surface area contributed by atoms with E-state index in [0.29, 0.717) is 0 Å². The summed E-state index contributed by atoms with van der Waals surface area (Å²) in [6, 6.07) is 0. The molecule has 0 rings (SSSR count). The first-order chi connectivity index (χ1) is 4.88. The number of alkyl halides is 3. The molecule has 0 saturated carbocycles. The van der Waals surface area contributed by atoms with Crippen molar-refractivity contribution in [2.75, 3.05) is 7.11 Å². The van der Waals surface area contributed by atoms with E-state index in [2.05, 4.69) is 4.74 Å². The molecular weight excluding hydrogens is 165 g/mol. The van der Waals surface area contributed by atoms with Crippen LogP contribution in [0.3, 0.4) is 0 Å². The Morgan fingerprint density at radius 3 is 2.27 bits per heavy atom. The molecule has 0 spiro atoms. The highest BCUT2D eigenvalue weighted by Crippen LogP contribution is 2.16. The molecule has 1 N–H and O–H groups in total. The number of rotatable bonds is 2. The van der Waals surface area contributed by atoms with Crippen molar-refractivity contribution in [3.8, 4) is 0 Å². The van der Waals surface area contributed by atoms with Crippen LogP contribution in [0.2, 0.25) is 0 Å². The number of aliphatic hydroxyl groups is 1. The Hall–Kier alpha value is -1.20. The molecule has 0 aliphatic heterocycles. The largest absolute Gasteiger partial charge is 0.481 e. The third-order valence-electron chi connectivity index (χ3n) is 0.743. The molecule has 0 amide bonds. The zero-order valence-corrected chi connectivity index (χ0v) is 5.47. The Bertz CT molecular complexity index is 182. The fourth-order valence-corrected chi connectivity index (χ4v) is 0.253. The van der Waals surface area contributed by atoms with Gasteiger partial charge in [0.15, 0.2) is 0 Å². The van der Waals surface area contributed by atoms with E-state index in [1.165, 1.54) is 0 Å². The molecule has 0 aromatic carbocycles. The van der Waals surface area contributed by atoms with Crippen LogP contribution in [0.1, 0.15) is 0 Å². The topological polar surface area (TPSA) is 46.5 Å². The Kier molecular flexibility index (Phi) is 2.91. The van der Waals surface area contributed by atoms with Gasteiger partial charge in [-0.2, -0.15) is 13.2 Å². The molecule has 64 valence electrons. The number of ketones is 1. The summed E-state index contributed by atoms with van der Waals surface area (Å²) in [6.07, 6.45) is -5.01. The Morgan fingerprint density at radius 2 is 2.00 bits per heavy atom. The summed E-state index contributed by atoms with van der Waals surface area (Å²) in [5.41, 5.74) is 0. The third-order valence-corrected chi connectivity index (χ3v) is 0.743. The van der Waals surface area contributed by atoms with Gasteiger partial charge in [-0.3, -0.25) is 4.79 Å². The Labute approximate surface area is 60.1 Å². The van der Waals surface area contributed by atoms with Crippen molar-refractivity contribution >= 4 is 5.78 Å². The van der Waals surface area contributed by atoms with E-state index in [0.717, 1.165) is 7.11 Å². The summed E-state index contributed by atoms with van der Waals surface area (Å²) in [5, 5.41) is 8.31. The Morgan fingerprint density at radius 1 is 1.55 bits per heavy atom. The number of carbonyl (C=O) groups excluding carboxylic acids is 1. The molecule has 0 aromatic heterocycles. The van der Waals surface area contributed by atoms with Crippen molar-refractivity contribution in [2.24, 2.45) is 0 Å². The van der Waals surface area contributed by atoms with Gasteiger partial charge in [-0.1, -0.05) is 0 Å². The summed E-state index contributed by atoms with van der Waals surface area (Å²) in [6.45, 7) is 0. The zero-order chi connectivity index (χ0) is 9.07. The van der Waals surface area contributed by atoms with E-state index in [-0.39, 0.29) is 6.08 Å². The number of carbonyl (C=O) groups is 1. The fraction of sp³-hybridized carbons (Fsp3) is 0.400. The molecular formula is C5H5F3O3. The van der Waals surface area contributed by atoms with E-state index in [9.17, 15) is 18.0 Å². The molecule has 0 unspecified atom stereocenters. The van der Waals surface area contributed by atoms with E-state index < -0.39 is 17.9 Å². The maximum absolute atomic E-state index is 11.4. The van der Waals surface area contributed by atoms with Gasteiger partial charge in [-0.05, 0) is 0 Å². The van der Waals surface area contributed by atoms with Gasteiger partial charge in [0.1, 0.15) is 0 Å². The fourth-order valence-electron chi connectivity index (χ4n) is 0.253. The van der Waals surface area contributed by atoms with Crippen LogP contribution in [0.4, 0.5) is 13.2 Å². The predicted molar refractivity (Wildman–Crippen MR) is 28.8 cm³/mol. The van der Waals surface area contributed by atoms with Crippen LogP contribution in [0.15, 0.2) is 12.0 Å². The molecule has 0 aliphatic carbocycles. The van der Waals surface area contributed by atoms with Gasteiger partial charge >= 0.3 is 6.18 Å². The number of hydrogen-bond donors (Lipinski definition) is 1. The number of allylic oxidation sites excluding steroid dienone is 1. The first-order valence-electron chi connectivity index (χ1n) is 2.43. The first kappa shape index (κ1) is 9.80. The molecule has 6 heteroatoms. The van der Waals surface area contributed by atoms with Crippen LogP contribution < -0.4 is 0 Å². The van der Waals surface area contributed by atoms with Gasteiger partial charge in [0.2, 0.25) is 0 Å². The summed E-state index contributed by atoms with van der Waals surface area (Å²) < 4.78 is 38.1. The molecule has 0 bridgehead atoms. The van der Waals surface area contributed by atoms with Crippen molar-refractivity contribution in [1.82, 2.24) is 0 Å². The monoisotopic (exact) mass is 170 g/mol. The molecule has 0 atom stereocenters. The number of hydrogen-bond acceptors (Lipinski definition) is 3. The van der Waals surface area contributed by atoms with Gasteiger partial charge in [-0.25, -0.2) is 0 Å². The lowest BCUT2D eigenvalue weighted by molar-refractivity contribution is -0.165. The molecule has 0 saturated heterocycles. The van der Waals surface area contributed by atoms with Crippen molar-refractivity contribution in [1.29, 1.82) is 0 Å². The second-order valence-electron chi connectivity index (χ2n) is 1.55. The van der Waals surface area contributed by atoms with Crippen LogP contribution in [-0.4, -0.2) is 24.2 Å². The summed E-state index contributed by atoms with van der Waals surface area (Å²) in [7, 11) is 0.940. The molecule has 11 heavy (non-hydrogen) atoms. The van der Waals surface area contributed by atoms with Crippen molar-refractivity contribution in [3.05, 3.63) is 12.0 Å². The summed E-state index contributed by atoms with van der Waals surface area (Å²) >= 11 is 0. The van der Waals surface area contributed by atoms with Gasteiger partial charge in [0.25, 0.3) is 11.7 Å². The van der Waals surface area contributed by atoms with E-state index in [1.807, 2.05) is 0 Å². The lowest BCUT2D eigenvalue weighted by Gasteiger charge is -2.00. The SMILES string of the molecule is CO/C(O)=C/C(=O)C(F)(F)F. The maximum Gasteiger partial charge on any atom is 0.454 e. The minimum absolute atomic E-state index is 0.0417. The summed E-state index contributed by atoms with van der Waals surface area (Å²) in [4.78, 5) is 9.99. The average Bonchev–Trinajstić information content (AvgIpc) is 1.85. The van der Waals surface area contributed by atoms with Crippen LogP contribution in [0.5, 0.6) is 0 Å². The molecule has 0 heterocycles. The normalized spacial score (nSPS) is 12.9. The maximum atomic E-state index is 11.4. The molecule has 0 aromatic rings. The van der Waals surface area contributed by atoms with Crippen LogP contribution in [0, 0.1) is 0 Å². The minimum atomic E-state index is -4.97. The lowest BCUT2D eigenvalue weighted by Crippen LogP contribution is -2.20. The first-order valence-corrected chi connectivity index (χ1v) is 2.43. The number of ether oxygens (including phenoxy) is 1. The minimum Gasteiger partial charge on any atom is -0.481 e. The van der Waals surface area contributed by atoms with Crippen LogP contribution in [-0.2, 0) is 9.53 Å². The molecule has 0 aliphatic rings. The van der Waals surface area contributed by atoms with E-state index >= 15 is 0 Å². The quantitative estimate of drug-likeness (QED) is 0.499. The highest BCUT2D eigenvalue weighted by molar-refractivity contribution is 5.94. The standard InChI is InChI=1S/C5H5F3O3/c1-11-4(10)2-3(9)5(6,7)8/h2,10H,1H3/b4-2+. The predicted octanol–water partition coefficient (Wildman–Crippen LogP) is 1.16. The second-order valence-corrected chi connectivity index (χ2v) is 1.55. The van der Waals surface area contributed by atoms with Gasteiger partial charge in [0, 0.05) is 0 Å². The highest BCUT2D eigenvalue weighted by Gasteiger charge is 2.37. The zero-order valence-electron chi connectivity index (χ0n) is 5.47. The van der Waals surface area contributed by atoms with E-state index in [1.54, 1.807) is 0 Å². The van der Waals surface area contributed by atoms with Gasteiger partial charge in [-0.15, -0.1) is 0 Å². The highest BCUT2D eigenvalue weighted by atomic mass is 19.4. The van der Waals surface area contributed by atoms with Crippen molar-refractivity contribution in [2.45, 2.75) is 6.18 Å². The second kappa shape index (κ2) is 3.27. The van der Waals surface area contributed by atoms with Crippen molar-refractivity contribution in [3.63, 3.8) is 0 Å². The lowest BCUT2D eigenvalue weighted by atomic mass is 10.4. The number of halogens is 3. The van der Waals surface area contributed by atoms with Gasteiger partial charge < -0.3 is 9.84 Å². The number of aliphatic hydroxyl groups excluding tert-OH is 1. The van der Waals surface area contributed by atoms with Gasteiger partial charge in [0.05, 0.1) is 13.2 Å². The Balaban J connectivity index is 4.30. The third kappa shape index (κ3) is 3.49. The number of methoxy groups -OCH3 is 1. The smallest absolute Gasteiger partial charge is 0.454 e. The molecule has 0 radical (unpaired) electrons. The summed E-state index contributed by atoms with van der Waals surface area (Å²) in [5.74, 6) is -3.22. The molecule has 3 nitrogen and oxygen atoms in total. The van der Waals surface area contributed by atoms with E-state index in [4.69, 9.17) is 5.11 Å². The van der Waals surface area contributed by atoms with Crippen LogP contribution >= 0.6 is 0 Å². The molecule has 0 fully saturated rings. The average molecular weight is 170 g/mol. The van der Waals surface area contributed by atoms with Crippen LogP contribution in [0.25, 0.3) is 0 Å².